The average Bonchev–Trinajstić information content (AvgIpc) is 3.52. The molecule has 32 heavy (non-hydrogen) atoms. The Balaban J connectivity index is 1.30. The van der Waals surface area contributed by atoms with E-state index in [1.807, 2.05) is 4.90 Å². The van der Waals surface area contributed by atoms with Crippen molar-refractivity contribution < 1.29 is 33.3 Å². The Bertz CT molecular complexity index is 757. The van der Waals surface area contributed by atoms with Crippen molar-refractivity contribution in [2.75, 3.05) is 32.8 Å². The van der Waals surface area contributed by atoms with Crippen molar-refractivity contribution in [1.29, 1.82) is 0 Å². The fraction of sp³-hybridized carbons (Fsp3) is 0.875. The maximum absolute atomic E-state index is 13.5. The van der Waals surface area contributed by atoms with Crippen molar-refractivity contribution in [2.45, 2.75) is 70.2 Å². The number of carbonyl (C=O) groups is 3. The first-order valence-corrected chi connectivity index (χ1v) is 12.4. The minimum absolute atomic E-state index is 0.0608. The molecule has 3 saturated carbocycles. The van der Waals surface area contributed by atoms with Gasteiger partial charge >= 0.3 is 17.9 Å². The van der Waals surface area contributed by atoms with E-state index in [9.17, 15) is 14.4 Å². The maximum Gasteiger partial charge on any atom is 0.320 e. The van der Waals surface area contributed by atoms with Gasteiger partial charge in [0.25, 0.3) is 0 Å². The molecular weight excluding hydrogens is 414 g/mol. The van der Waals surface area contributed by atoms with Gasteiger partial charge in [0.2, 0.25) is 0 Å². The first-order chi connectivity index (χ1) is 15.4. The summed E-state index contributed by atoms with van der Waals surface area (Å²) in [5.74, 6) is -1.99. The van der Waals surface area contributed by atoms with Crippen LogP contribution in [0.25, 0.3) is 0 Å². The van der Waals surface area contributed by atoms with E-state index in [2.05, 4.69) is 13.8 Å². The Morgan fingerprint density at radius 3 is 2.59 bits per heavy atom. The molecule has 0 aromatic rings. The SMILES string of the molecule is CCC(C)C1(OC(=O)C2C3CC4C(OC(=O)C42)C3OC(=O)CN2CCOCC2)CCCC1. The molecule has 0 spiro atoms. The van der Waals surface area contributed by atoms with Crippen LogP contribution < -0.4 is 0 Å². The summed E-state index contributed by atoms with van der Waals surface area (Å²) in [6, 6.07) is 0. The Morgan fingerprint density at radius 1 is 1.19 bits per heavy atom. The van der Waals surface area contributed by atoms with Gasteiger partial charge in [0.1, 0.15) is 17.8 Å². The van der Waals surface area contributed by atoms with Crippen molar-refractivity contribution in [2.24, 2.45) is 29.6 Å². The third-order valence-corrected chi connectivity index (χ3v) is 8.81. The van der Waals surface area contributed by atoms with Crippen LogP contribution in [0.3, 0.4) is 0 Å². The van der Waals surface area contributed by atoms with Gasteiger partial charge < -0.3 is 18.9 Å². The lowest BCUT2D eigenvalue weighted by atomic mass is 9.78. The lowest BCUT2D eigenvalue weighted by Crippen LogP contribution is -2.48. The maximum atomic E-state index is 13.5. The molecule has 8 heteroatoms. The van der Waals surface area contributed by atoms with Gasteiger partial charge in [0, 0.05) is 24.9 Å². The quantitative estimate of drug-likeness (QED) is 0.430. The van der Waals surface area contributed by atoms with Gasteiger partial charge in [-0.25, -0.2) is 0 Å². The van der Waals surface area contributed by atoms with Gasteiger partial charge in [-0.1, -0.05) is 13.8 Å². The third-order valence-electron chi connectivity index (χ3n) is 8.81. The van der Waals surface area contributed by atoms with E-state index in [1.165, 1.54) is 0 Å². The molecule has 0 aromatic heterocycles. The number of rotatable bonds is 7. The average molecular weight is 450 g/mol. The number of hydrogen-bond donors (Lipinski definition) is 0. The molecule has 8 nitrogen and oxygen atoms in total. The van der Waals surface area contributed by atoms with Gasteiger partial charge in [-0.15, -0.1) is 0 Å². The van der Waals surface area contributed by atoms with Crippen molar-refractivity contribution in [3.8, 4) is 0 Å². The molecule has 2 heterocycles. The second kappa shape index (κ2) is 8.60. The Morgan fingerprint density at radius 2 is 1.91 bits per heavy atom. The van der Waals surface area contributed by atoms with Gasteiger partial charge in [0.05, 0.1) is 31.6 Å². The molecule has 0 aromatic carbocycles. The summed E-state index contributed by atoms with van der Waals surface area (Å²) < 4.78 is 23.1. The summed E-state index contributed by atoms with van der Waals surface area (Å²) >= 11 is 0. The fourth-order valence-electron chi connectivity index (χ4n) is 6.91. The second-order valence-electron chi connectivity index (χ2n) is 10.4. The number of fused-ring (bicyclic) bond motifs is 1. The smallest absolute Gasteiger partial charge is 0.320 e. The molecule has 2 aliphatic heterocycles. The predicted octanol–water partition coefficient (Wildman–Crippen LogP) is 1.94. The monoisotopic (exact) mass is 449 g/mol. The van der Waals surface area contributed by atoms with Crippen LogP contribution in [0.2, 0.25) is 0 Å². The molecule has 3 aliphatic carbocycles. The van der Waals surface area contributed by atoms with Crippen LogP contribution in [0.5, 0.6) is 0 Å². The number of nitrogens with zero attached hydrogens (tertiary/aromatic N) is 1. The van der Waals surface area contributed by atoms with Crippen molar-refractivity contribution in [3.05, 3.63) is 0 Å². The molecule has 5 rings (SSSR count). The van der Waals surface area contributed by atoms with Crippen LogP contribution in [0.4, 0.5) is 0 Å². The first-order valence-electron chi connectivity index (χ1n) is 12.4. The zero-order chi connectivity index (χ0) is 22.5. The third kappa shape index (κ3) is 3.63. The van der Waals surface area contributed by atoms with Crippen molar-refractivity contribution in [3.63, 3.8) is 0 Å². The Kier molecular flexibility index (Phi) is 5.95. The van der Waals surface area contributed by atoms with E-state index < -0.39 is 29.6 Å². The summed E-state index contributed by atoms with van der Waals surface area (Å²) in [6.45, 7) is 7.06. The van der Waals surface area contributed by atoms with Crippen molar-refractivity contribution in [1.82, 2.24) is 4.90 Å². The number of carbonyl (C=O) groups excluding carboxylic acids is 3. The topological polar surface area (TPSA) is 91.4 Å². The summed E-state index contributed by atoms with van der Waals surface area (Å²) in [5.41, 5.74) is -0.432. The minimum Gasteiger partial charge on any atom is -0.459 e. The van der Waals surface area contributed by atoms with Crippen molar-refractivity contribution >= 4 is 17.9 Å². The van der Waals surface area contributed by atoms with Gasteiger partial charge in [-0.2, -0.15) is 0 Å². The fourth-order valence-corrected chi connectivity index (χ4v) is 6.91. The van der Waals surface area contributed by atoms with Gasteiger partial charge in [-0.05, 0) is 44.4 Å². The summed E-state index contributed by atoms with van der Waals surface area (Å²) in [7, 11) is 0. The van der Waals surface area contributed by atoms with Crippen LogP contribution in [-0.2, 0) is 33.3 Å². The molecule has 178 valence electrons. The molecule has 0 N–H and O–H groups in total. The molecule has 7 atom stereocenters. The van der Waals surface area contributed by atoms with Crippen LogP contribution in [0.1, 0.15) is 52.4 Å². The first kappa shape index (κ1) is 22.1. The number of hydrogen-bond acceptors (Lipinski definition) is 8. The van der Waals surface area contributed by atoms with E-state index >= 15 is 0 Å². The highest BCUT2D eigenvalue weighted by atomic mass is 16.6. The summed E-state index contributed by atoms with van der Waals surface area (Å²) in [4.78, 5) is 40.9. The highest BCUT2D eigenvalue weighted by Crippen LogP contribution is 2.59. The molecule has 7 unspecified atom stereocenters. The molecule has 2 saturated heterocycles. The Labute approximate surface area is 189 Å². The van der Waals surface area contributed by atoms with E-state index in [-0.39, 0.29) is 42.2 Å². The largest absolute Gasteiger partial charge is 0.459 e. The molecule has 5 aliphatic rings. The highest BCUT2D eigenvalue weighted by Gasteiger charge is 2.70. The van der Waals surface area contributed by atoms with E-state index in [0.29, 0.717) is 32.7 Å². The van der Waals surface area contributed by atoms with E-state index in [0.717, 1.165) is 32.1 Å². The molecule has 2 bridgehead atoms. The van der Waals surface area contributed by atoms with E-state index in [4.69, 9.17) is 18.9 Å². The van der Waals surface area contributed by atoms with Crippen LogP contribution in [0, 0.1) is 29.6 Å². The molecule has 0 radical (unpaired) electrons. The number of esters is 3. The second-order valence-corrected chi connectivity index (χ2v) is 10.4. The summed E-state index contributed by atoms with van der Waals surface area (Å²) in [6.07, 6.45) is 4.51. The van der Waals surface area contributed by atoms with Gasteiger partial charge in [0.15, 0.2) is 0 Å². The number of ether oxygens (including phenoxy) is 4. The van der Waals surface area contributed by atoms with Crippen LogP contribution in [-0.4, -0.2) is 73.5 Å². The zero-order valence-electron chi connectivity index (χ0n) is 19.1. The lowest BCUT2D eigenvalue weighted by Gasteiger charge is -2.38. The lowest BCUT2D eigenvalue weighted by molar-refractivity contribution is -0.179. The van der Waals surface area contributed by atoms with Crippen LogP contribution >= 0.6 is 0 Å². The molecular formula is C24H35NO7. The predicted molar refractivity (Wildman–Crippen MR) is 112 cm³/mol. The molecule has 5 fully saturated rings. The Hall–Kier alpha value is -1.67. The minimum atomic E-state index is -0.575. The normalized spacial score (nSPS) is 38.5. The van der Waals surface area contributed by atoms with Crippen LogP contribution in [0.15, 0.2) is 0 Å². The zero-order valence-corrected chi connectivity index (χ0v) is 19.1. The highest BCUT2D eigenvalue weighted by molar-refractivity contribution is 5.86. The van der Waals surface area contributed by atoms with Gasteiger partial charge in [-0.3, -0.25) is 19.3 Å². The molecule has 0 amide bonds. The summed E-state index contributed by atoms with van der Waals surface area (Å²) in [5, 5.41) is 0. The number of morpholine rings is 1. The van der Waals surface area contributed by atoms with E-state index in [1.54, 1.807) is 0 Å². The standard InChI is InChI=1S/C24H35NO7/c1-3-14(2)24(6-4-5-7-24)32-23(28)19-16-12-15-18(19)22(27)31-21(15)20(16)30-17(26)13-25-8-10-29-11-9-25/h14-16,18-21H,3-13H2,1-2H3.